The van der Waals surface area contributed by atoms with Crippen molar-refractivity contribution in [2.75, 3.05) is 6.54 Å². The van der Waals surface area contributed by atoms with E-state index in [1.54, 1.807) is 6.07 Å². The summed E-state index contributed by atoms with van der Waals surface area (Å²) in [5, 5.41) is 3.13. The summed E-state index contributed by atoms with van der Waals surface area (Å²) in [5.41, 5.74) is 1.05. The molecule has 0 aliphatic carbocycles. The zero-order valence-corrected chi connectivity index (χ0v) is 12.3. The van der Waals surface area contributed by atoms with Gasteiger partial charge in [-0.2, -0.15) is 0 Å². The molecule has 0 aliphatic rings. The molecule has 19 heavy (non-hydrogen) atoms. The van der Waals surface area contributed by atoms with Crippen molar-refractivity contribution in [3.63, 3.8) is 0 Å². The fraction of sp³-hybridized carbons (Fsp3) is 0.231. The quantitative estimate of drug-likeness (QED) is 0.832. The summed E-state index contributed by atoms with van der Waals surface area (Å²) >= 11 is 13.2. The summed E-state index contributed by atoms with van der Waals surface area (Å²) < 4.78 is 27.9. The highest BCUT2D eigenvalue weighted by atomic mass is 35.5. The van der Waals surface area contributed by atoms with Gasteiger partial charge in [0, 0.05) is 17.2 Å². The SMILES string of the molecule is CCNC(c1ccc(F)cc1F)c1cc(Cl)sc1Cl. The second-order valence-electron chi connectivity index (χ2n) is 3.94. The van der Waals surface area contributed by atoms with E-state index in [4.69, 9.17) is 23.2 Å². The predicted molar refractivity (Wildman–Crippen MR) is 76.2 cm³/mol. The molecule has 0 fully saturated rings. The third kappa shape index (κ3) is 3.26. The smallest absolute Gasteiger partial charge is 0.131 e. The number of benzene rings is 1. The molecule has 1 atom stereocenters. The first-order valence-electron chi connectivity index (χ1n) is 5.66. The van der Waals surface area contributed by atoms with E-state index in [0.29, 0.717) is 26.3 Å². The molecule has 0 spiro atoms. The van der Waals surface area contributed by atoms with Crippen LogP contribution in [0.3, 0.4) is 0 Å². The van der Waals surface area contributed by atoms with Gasteiger partial charge >= 0.3 is 0 Å². The molecule has 2 rings (SSSR count). The van der Waals surface area contributed by atoms with Crippen LogP contribution in [0.15, 0.2) is 24.3 Å². The van der Waals surface area contributed by atoms with Gasteiger partial charge in [-0.05, 0) is 18.7 Å². The normalized spacial score (nSPS) is 12.7. The molecule has 0 bridgehead atoms. The van der Waals surface area contributed by atoms with E-state index in [1.165, 1.54) is 23.5 Å². The molecule has 6 heteroatoms. The van der Waals surface area contributed by atoms with Crippen LogP contribution in [0.5, 0.6) is 0 Å². The van der Waals surface area contributed by atoms with Crippen molar-refractivity contribution in [3.8, 4) is 0 Å². The van der Waals surface area contributed by atoms with Crippen LogP contribution in [0.4, 0.5) is 8.78 Å². The van der Waals surface area contributed by atoms with E-state index in [0.717, 1.165) is 6.07 Å². The minimum atomic E-state index is -0.607. The number of hydrogen-bond acceptors (Lipinski definition) is 2. The van der Waals surface area contributed by atoms with Gasteiger partial charge in [-0.25, -0.2) is 8.78 Å². The lowest BCUT2D eigenvalue weighted by Crippen LogP contribution is -2.22. The van der Waals surface area contributed by atoms with E-state index in [9.17, 15) is 8.78 Å². The van der Waals surface area contributed by atoms with Crippen LogP contribution in [-0.4, -0.2) is 6.54 Å². The molecule has 1 unspecified atom stereocenters. The minimum absolute atomic E-state index is 0.347. The van der Waals surface area contributed by atoms with Crippen LogP contribution in [0.1, 0.15) is 24.1 Å². The lowest BCUT2D eigenvalue weighted by atomic mass is 10.0. The van der Waals surface area contributed by atoms with E-state index < -0.39 is 17.7 Å². The molecule has 1 N–H and O–H groups in total. The minimum Gasteiger partial charge on any atom is -0.306 e. The Kier molecular flexibility index (Phi) is 4.79. The van der Waals surface area contributed by atoms with Crippen LogP contribution in [0.25, 0.3) is 0 Å². The highest BCUT2D eigenvalue weighted by Gasteiger charge is 2.21. The number of halogens is 4. The first-order valence-corrected chi connectivity index (χ1v) is 7.23. The Morgan fingerprint density at radius 1 is 1.21 bits per heavy atom. The molecular formula is C13H11Cl2F2NS. The second-order valence-corrected chi connectivity index (χ2v) is 6.22. The highest BCUT2D eigenvalue weighted by molar-refractivity contribution is 7.20. The standard InChI is InChI=1S/C13H11Cl2F2NS/c1-2-18-12(9-6-11(14)19-13(9)15)8-4-3-7(16)5-10(8)17/h3-6,12,18H,2H2,1H3. The maximum absolute atomic E-state index is 13.9. The fourth-order valence-corrected chi connectivity index (χ4v) is 3.41. The maximum atomic E-state index is 13.9. The molecule has 0 radical (unpaired) electrons. The zero-order valence-electron chi connectivity index (χ0n) is 10.0. The van der Waals surface area contributed by atoms with Gasteiger partial charge in [0.2, 0.25) is 0 Å². The average molecular weight is 322 g/mol. The predicted octanol–water partition coefficient (Wildman–Crippen LogP) is 5.03. The summed E-state index contributed by atoms with van der Waals surface area (Å²) in [6, 6.07) is 4.76. The Morgan fingerprint density at radius 2 is 1.95 bits per heavy atom. The van der Waals surface area contributed by atoms with Crippen molar-refractivity contribution in [1.82, 2.24) is 5.32 Å². The molecular weight excluding hydrogens is 311 g/mol. The molecule has 102 valence electrons. The van der Waals surface area contributed by atoms with Crippen molar-refractivity contribution < 1.29 is 8.78 Å². The first-order chi connectivity index (χ1) is 9.02. The van der Waals surface area contributed by atoms with Crippen molar-refractivity contribution in [3.05, 3.63) is 55.7 Å². The molecule has 1 aromatic heterocycles. The molecule has 0 aliphatic heterocycles. The average Bonchev–Trinajstić information content (AvgIpc) is 2.66. The Labute approximate surface area is 124 Å². The molecule has 1 aromatic carbocycles. The third-order valence-electron chi connectivity index (χ3n) is 2.68. The molecule has 0 saturated carbocycles. The van der Waals surface area contributed by atoms with Gasteiger partial charge in [0.1, 0.15) is 11.6 Å². The molecule has 0 amide bonds. The monoisotopic (exact) mass is 321 g/mol. The summed E-state index contributed by atoms with van der Waals surface area (Å²) in [4.78, 5) is 0. The number of hydrogen-bond donors (Lipinski definition) is 1. The van der Waals surface area contributed by atoms with E-state index in [2.05, 4.69) is 5.32 Å². The maximum Gasteiger partial charge on any atom is 0.131 e. The summed E-state index contributed by atoms with van der Waals surface area (Å²) in [6.07, 6.45) is 0. The lowest BCUT2D eigenvalue weighted by Gasteiger charge is -2.18. The molecule has 1 nitrogen and oxygen atoms in total. The van der Waals surface area contributed by atoms with Crippen LogP contribution in [-0.2, 0) is 0 Å². The Balaban J connectivity index is 2.48. The second kappa shape index (κ2) is 6.18. The summed E-state index contributed by atoms with van der Waals surface area (Å²) in [6.45, 7) is 2.52. The fourth-order valence-electron chi connectivity index (χ4n) is 1.88. The Bertz CT molecular complexity index is 586. The van der Waals surface area contributed by atoms with Gasteiger partial charge < -0.3 is 5.32 Å². The third-order valence-corrected chi connectivity index (χ3v) is 4.19. The summed E-state index contributed by atoms with van der Waals surface area (Å²) in [7, 11) is 0. The summed E-state index contributed by atoms with van der Waals surface area (Å²) in [5.74, 6) is -1.21. The number of thiophene rings is 1. The van der Waals surface area contributed by atoms with Crippen molar-refractivity contribution in [2.24, 2.45) is 0 Å². The van der Waals surface area contributed by atoms with Crippen molar-refractivity contribution in [1.29, 1.82) is 0 Å². The number of nitrogens with one attached hydrogen (secondary N) is 1. The molecule has 0 saturated heterocycles. The van der Waals surface area contributed by atoms with Crippen LogP contribution < -0.4 is 5.32 Å². The van der Waals surface area contributed by atoms with Gasteiger partial charge in [0.05, 0.1) is 14.7 Å². The highest BCUT2D eigenvalue weighted by Crippen LogP contribution is 2.38. The molecule has 1 heterocycles. The molecule has 2 aromatic rings. The van der Waals surface area contributed by atoms with Crippen molar-refractivity contribution >= 4 is 34.5 Å². The van der Waals surface area contributed by atoms with Crippen LogP contribution in [0.2, 0.25) is 8.67 Å². The van der Waals surface area contributed by atoms with E-state index >= 15 is 0 Å². The topological polar surface area (TPSA) is 12.0 Å². The van der Waals surface area contributed by atoms with Gasteiger partial charge in [-0.3, -0.25) is 0 Å². The lowest BCUT2D eigenvalue weighted by molar-refractivity contribution is 0.541. The first kappa shape index (κ1) is 14.7. The van der Waals surface area contributed by atoms with Gasteiger partial charge in [-0.15, -0.1) is 11.3 Å². The van der Waals surface area contributed by atoms with Gasteiger partial charge in [0.25, 0.3) is 0 Å². The van der Waals surface area contributed by atoms with Crippen molar-refractivity contribution in [2.45, 2.75) is 13.0 Å². The Morgan fingerprint density at radius 3 is 2.47 bits per heavy atom. The van der Waals surface area contributed by atoms with E-state index in [1.807, 2.05) is 6.92 Å². The van der Waals surface area contributed by atoms with Crippen LogP contribution in [0, 0.1) is 11.6 Å². The van der Waals surface area contributed by atoms with Crippen LogP contribution >= 0.6 is 34.5 Å². The van der Waals surface area contributed by atoms with Gasteiger partial charge in [-0.1, -0.05) is 36.2 Å². The Hall–Kier alpha value is -0.680. The largest absolute Gasteiger partial charge is 0.306 e. The number of rotatable bonds is 4. The zero-order chi connectivity index (χ0) is 14.0. The van der Waals surface area contributed by atoms with E-state index in [-0.39, 0.29) is 0 Å². The van der Waals surface area contributed by atoms with Gasteiger partial charge in [0.15, 0.2) is 0 Å².